The van der Waals surface area contributed by atoms with Gasteiger partial charge in [0.2, 0.25) is 0 Å². The van der Waals surface area contributed by atoms with E-state index in [1.54, 1.807) is 0 Å². The molecule has 2 aromatic rings. The Balaban J connectivity index is 2.17. The summed E-state index contributed by atoms with van der Waals surface area (Å²) in [4.78, 5) is 16.3. The summed E-state index contributed by atoms with van der Waals surface area (Å²) in [6, 6.07) is 3.26. The Morgan fingerprint density at radius 2 is 2.10 bits per heavy atom. The van der Waals surface area contributed by atoms with E-state index in [0.717, 1.165) is 17.8 Å². The van der Waals surface area contributed by atoms with Crippen LogP contribution in [0.15, 0.2) is 23.6 Å². The third-order valence-electron chi connectivity index (χ3n) is 2.70. The molecule has 4 nitrogen and oxygen atoms in total. The predicted molar refractivity (Wildman–Crippen MR) is 76.8 cm³/mol. The molecule has 0 aliphatic carbocycles. The zero-order chi connectivity index (χ0) is 14.9. The number of hydrogen-bond donors (Lipinski definition) is 2. The van der Waals surface area contributed by atoms with Crippen LogP contribution in [0, 0.1) is 5.82 Å². The van der Waals surface area contributed by atoms with Crippen LogP contribution in [0.3, 0.4) is 0 Å². The number of nitrogens with zero attached hydrogens (tertiary/aromatic N) is 1. The molecule has 0 aliphatic heterocycles. The normalized spacial score (nSPS) is 11.4. The number of carbonyl (C=O) groups is 1. The van der Waals surface area contributed by atoms with Gasteiger partial charge in [0.25, 0.3) is 5.91 Å². The van der Waals surface area contributed by atoms with Crippen molar-refractivity contribution in [2.24, 2.45) is 0 Å². The molecule has 0 aliphatic rings. The van der Waals surface area contributed by atoms with Crippen molar-refractivity contribution in [3.8, 4) is 5.75 Å². The number of nitrogens with one attached hydrogen (secondary N) is 1. The quantitative estimate of drug-likeness (QED) is 0.890. The zero-order valence-corrected chi connectivity index (χ0v) is 12.2. The Hall–Kier alpha value is -1.95. The van der Waals surface area contributed by atoms with Gasteiger partial charge in [0.05, 0.1) is 11.3 Å². The maximum Gasteiger partial charge on any atom is 0.261 e. The van der Waals surface area contributed by atoms with Crippen molar-refractivity contribution in [1.29, 1.82) is 0 Å². The molecule has 0 fully saturated rings. The van der Waals surface area contributed by atoms with Gasteiger partial charge in [-0.25, -0.2) is 9.37 Å². The number of hydrogen-bond acceptors (Lipinski definition) is 4. The van der Waals surface area contributed by atoms with Crippen molar-refractivity contribution in [2.45, 2.75) is 26.2 Å². The van der Waals surface area contributed by atoms with Crippen molar-refractivity contribution in [3.05, 3.63) is 40.7 Å². The number of carbonyl (C=O) groups excluding carboxylic acids is 1. The lowest BCUT2D eigenvalue weighted by Crippen LogP contribution is -2.14. The first-order valence-electron chi connectivity index (χ1n) is 6.03. The molecule has 0 unspecified atom stereocenters. The number of benzene rings is 1. The van der Waals surface area contributed by atoms with Crippen LogP contribution >= 0.6 is 11.3 Å². The highest BCUT2D eigenvalue weighted by atomic mass is 32.1. The molecule has 6 heteroatoms. The van der Waals surface area contributed by atoms with E-state index in [1.165, 1.54) is 17.4 Å². The fourth-order valence-electron chi connectivity index (χ4n) is 1.54. The number of aromatic hydroxyl groups is 1. The third-order valence-corrected chi connectivity index (χ3v) is 3.46. The zero-order valence-electron chi connectivity index (χ0n) is 11.4. The van der Waals surface area contributed by atoms with E-state index in [1.807, 2.05) is 26.2 Å². The van der Waals surface area contributed by atoms with Gasteiger partial charge >= 0.3 is 0 Å². The van der Waals surface area contributed by atoms with Crippen LogP contribution in [-0.4, -0.2) is 16.0 Å². The van der Waals surface area contributed by atoms with E-state index in [2.05, 4.69) is 10.3 Å². The Bertz CT molecular complexity index is 647. The second-order valence-electron chi connectivity index (χ2n) is 5.40. The van der Waals surface area contributed by atoms with E-state index in [0.29, 0.717) is 5.13 Å². The molecule has 2 N–H and O–H groups in total. The molecule has 106 valence electrons. The lowest BCUT2D eigenvalue weighted by molar-refractivity contribution is 0.102. The highest BCUT2D eigenvalue weighted by molar-refractivity contribution is 7.14. The molecule has 0 bridgehead atoms. The number of phenolic OH excluding ortho intramolecular Hbond substituents is 1. The second-order valence-corrected chi connectivity index (χ2v) is 6.26. The molecule has 1 aromatic heterocycles. The lowest BCUT2D eigenvalue weighted by atomic mass is 9.93. The Morgan fingerprint density at radius 3 is 2.65 bits per heavy atom. The molecular weight excluding hydrogens is 279 g/mol. The van der Waals surface area contributed by atoms with Crippen LogP contribution in [0.4, 0.5) is 9.52 Å². The van der Waals surface area contributed by atoms with E-state index < -0.39 is 17.5 Å². The van der Waals surface area contributed by atoms with Crippen LogP contribution in [0.5, 0.6) is 5.75 Å². The minimum Gasteiger partial charge on any atom is -0.507 e. The average Bonchev–Trinajstić information content (AvgIpc) is 2.76. The van der Waals surface area contributed by atoms with E-state index in [4.69, 9.17) is 0 Å². The van der Waals surface area contributed by atoms with Crippen molar-refractivity contribution in [1.82, 2.24) is 4.98 Å². The van der Waals surface area contributed by atoms with Gasteiger partial charge in [0, 0.05) is 16.9 Å². The van der Waals surface area contributed by atoms with Gasteiger partial charge in [-0.1, -0.05) is 20.8 Å². The largest absolute Gasteiger partial charge is 0.507 e. The fraction of sp³-hybridized carbons (Fsp3) is 0.286. The number of amides is 1. The number of anilines is 1. The highest BCUT2D eigenvalue weighted by Crippen LogP contribution is 2.27. The lowest BCUT2D eigenvalue weighted by Gasteiger charge is -2.14. The predicted octanol–water partition coefficient (Wildman–Crippen LogP) is 3.54. The fourth-order valence-corrected chi connectivity index (χ4v) is 2.47. The first-order chi connectivity index (χ1) is 9.27. The number of rotatable bonds is 2. The molecule has 1 aromatic carbocycles. The van der Waals surface area contributed by atoms with Gasteiger partial charge in [-0.2, -0.15) is 0 Å². The Labute approximate surface area is 120 Å². The van der Waals surface area contributed by atoms with Crippen LogP contribution in [0.2, 0.25) is 0 Å². The van der Waals surface area contributed by atoms with E-state index >= 15 is 0 Å². The molecule has 2 rings (SSSR count). The molecule has 0 saturated carbocycles. The summed E-state index contributed by atoms with van der Waals surface area (Å²) in [5.41, 5.74) is 0.789. The van der Waals surface area contributed by atoms with Gasteiger partial charge < -0.3 is 5.11 Å². The van der Waals surface area contributed by atoms with Crippen LogP contribution in [-0.2, 0) is 5.41 Å². The van der Waals surface area contributed by atoms with E-state index in [-0.39, 0.29) is 11.0 Å². The van der Waals surface area contributed by atoms with E-state index in [9.17, 15) is 14.3 Å². The standard InChI is InChI=1S/C14H15FN2O2S/c1-14(2,3)11-7-20-13(16-11)17-12(19)9-5-4-8(15)6-10(9)18/h4-7,18H,1-3H3,(H,16,17,19). The van der Waals surface area contributed by atoms with Crippen LogP contribution in [0.25, 0.3) is 0 Å². The summed E-state index contributed by atoms with van der Waals surface area (Å²) in [7, 11) is 0. The molecule has 1 amide bonds. The van der Waals surface area contributed by atoms with Crippen molar-refractivity contribution < 1.29 is 14.3 Å². The molecule has 0 saturated heterocycles. The topological polar surface area (TPSA) is 62.2 Å². The van der Waals surface area contributed by atoms with Crippen molar-refractivity contribution in [3.63, 3.8) is 0 Å². The molecule has 1 heterocycles. The molecule has 0 radical (unpaired) electrons. The maximum atomic E-state index is 12.9. The molecule has 20 heavy (non-hydrogen) atoms. The summed E-state index contributed by atoms with van der Waals surface area (Å²) < 4.78 is 12.9. The Morgan fingerprint density at radius 1 is 1.40 bits per heavy atom. The minimum atomic E-state index is -0.594. The third kappa shape index (κ3) is 3.14. The van der Waals surface area contributed by atoms with Crippen molar-refractivity contribution in [2.75, 3.05) is 5.32 Å². The summed E-state index contributed by atoms with van der Waals surface area (Å²) in [6.45, 7) is 6.08. The van der Waals surface area contributed by atoms with Gasteiger partial charge in [0.15, 0.2) is 5.13 Å². The summed E-state index contributed by atoms with van der Waals surface area (Å²) in [6.07, 6.45) is 0. The molecule has 0 spiro atoms. The summed E-state index contributed by atoms with van der Waals surface area (Å²) >= 11 is 1.31. The number of thiazole rings is 1. The molecular formula is C14H15FN2O2S. The SMILES string of the molecule is CC(C)(C)c1csc(NC(=O)c2ccc(F)cc2O)n1. The maximum absolute atomic E-state index is 12.9. The number of aromatic nitrogens is 1. The average molecular weight is 294 g/mol. The smallest absolute Gasteiger partial charge is 0.261 e. The molecule has 0 atom stereocenters. The first-order valence-corrected chi connectivity index (χ1v) is 6.91. The van der Waals surface area contributed by atoms with Gasteiger partial charge in [-0.3, -0.25) is 10.1 Å². The minimum absolute atomic E-state index is 0.0129. The number of halogens is 1. The number of phenols is 1. The Kier molecular flexibility index (Phi) is 3.76. The van der Waals surface area contributed by atoms with Gasteiger partial charge in [0.1, 0.15) is 11.6 Å². The van der Waals surface area contributed by atoms with Crippen LogP contribution in [0.1, 0.15) is 36.8 Å². The second kappa shape index (κ2) is 5.20. The van der Waals surface area contributed by atoms with Crippen LogP contribution < -0.4 is 5.32 Å². The van der Waals surface area contributed by atoms with Crippen molar-refractivity contribution >= 4 is 22.4 Å². The monoisotopic (exact) mass is 294 g/mol. The highest BCUT2D eigenvalue weighted by Gasteiger charge is 2.19. The van der Waals surface area contributed by atoms with Gasteiger partial charge in [-0.15, -0.1) is 11.3 Å². The summed E-state index contributed by atoms with van der Waals surface area (Å²) in [5.74, 6) is -1.50. The summed E-state index contributed by atoms with van der Waals surface area (Å²) in [5, 5.41) is 14.5. The van der Waals surface area contributed by atoms with Gasteiger partial charge in [-0.05, 0) is 12.1 Å². The first kappa shape index (κ1) is 14.5.